The molecule has 1 atom stereocenters. The topological polar surface area (TPSA) is 78.4 Å². The highest BCUT2D eigenvalue weighted by Gasteiger charge is 2.31. The summed E-state index contributed by atoms with van der Waals surface area (Å²) in [4.78, 5) is 36.2. The average molecular weight is 289 g/mol. The molecule has 21 heavy (non-hydrogen) atoms. The first-order valence-corrected chi connectivity index (χ1v) is 7.31. The van der Waals surface area contributed by atoms with E-state index in [1.807, 2.05) is 4.90 Å². The molecule has 0 saturated carbocycles. The van der Waals surface area contributed by atoms with Crippen molar-refractivity contribution in [1.29, 1.82) is 0 Å². The molecule has 2 fully saturated rings. The zero-order chi connectivity index (χ0) is 14.7. The van der Waals surface area contributed by atoms with Gasteiger partial charge in [-0.25, -0.2) is 9.97 Å². The minimum Gasteiger partial charge on any atom is -0.356 e. The van der Waals surface area contributed by atoms with Gasteiger partial charge < -0.3 is 15.1 Å². The molecule has 2 aliphatic heterocycles. The Kier molecular flexibility index (Phi) is 3.98. The van der Waals surface area contributed by atoms with Crippen LogP contribution in [0.4, 0.5) is 5.95 Å². The maximum atomic E-state index is 12.4. The zero-order valence-corrected chi connectivity index (χ0v) is 11.9. The summed E-state index contributed by atoms with van der Waals surface area (Å²) in [6.45, 7) is 3.39. The molecular formula is C14H19N5O2. The van der Waals surface area contributed by atoms with Gasteiger partial charge in [-0.05, 0) is 12.5 Å². The van der Waals surface area contributed by atoms with Crippen LogP contribution in [0, 0.1) is 5.92 Å². The van der Waals surface area contributed by atoms with E-state index in [1.165, 1.54) is 0 Å². The van der Waals surface area contributed by atoms with Crippen molar-refractivity contribution >= 4 is 17.8 Å². The normalized spacial score (nSPS) is 22.9. The van der Waals surface area contributed by atoms with E-state index in [1.54, 1.807) is 18.5 Å². The molecule has 2 aliphatic rings. The highest BCUT2D eigenvalue weighted by atomic mass is 16.2. The number of amides is 2. The lowest BCUT2D eigenvalue weighted by molar-refractivity contribution is -0.140. The zero-order valence-electron chi connectivity index (χ0n) is 11.9. The first-order valence-electron chi connectivity index (χ1n) is 7.31. The quantitative estimate of drug-likeness (QED) is 0.805. The predicted octanol–water partition coefficient (Wildman–Crippen LogP) is -0.349. The number of nitrogens with one attached hydrogen (secondary N) is 1. The third-order valence-electron chi connectivity index (χ3n) is 4.02. The number of piperazine rings is 1. The Bertz CT molecular complexity index is 513. The Labute approximate surface area is 123 Å². The predicted molar refractivity (Wildman–Crippen MR) is 76.6 cm³/mol. The second-order valence-corrected chi connectivity index (χ2v) is 5.40. The van der Waals surface area contributed by atoms with E-state index < -0.39 is 0 Å². The van der Waals surface area contributed by atoms with Crippen molar-refractivity contribution in [3.8, 4) is 0 Å². The summed E-state index contributed by atoms with van der Waals surface area (Å²) >= 11 is 0. The van der Waals surface area contributed by atoms with Gasteiger partial charge in [-0.1, -0.05) is 0 Å². The second kappa shape index (κ2) is 6.07. The van der Waals surface area contributed by atoms with Crippen molar-refractivity contribution in [2.24, 2.45) is 5.92 Å². The molecule has 1 aromatic rings. The Morgan fingerprint density at radius 1 is 1.19 bits per heavy atom. The second-order valence-electron chi connectivity index (χ2n) is 5.40. The molecule has 3 heterocycles. The third kappa shape index (κ3) is 3.12. The number of carbonyl (C=O) groups is 2. The van der Waals surface area contributed by atoms with E-state index in [0.29, 0.717) is 32.0 Å². The molecule has 0 aliphatic carbocycles. The Morgan fingerprint density at radius 3 is 2.57 bits per heavy atom. The van der Waals surface area contributed by atoms with Gasteiger partial charge in [-0.15, -0.1) is 0 Å². The Morgan fingerprint density at radius 2 is 1.90 bits per heavy atom. The van der Waals surface area contributed by atoms with Crippen molar-refractivity contribution in [2.75, 3.05) is 37.6 Å². The van der Waals surface area contributed by atoms with E-state index in [-0.39, 0.29) is 17.7 Å². The lowest BCUT2D eigenvalue weighted by Crippen LogP contribution is -2.52. The fourth-order valence-electron chi connectivity index (χ4n) is 2.83. The number of carbonyl (C=O) groups excluding carboxylic acids is 2. The molecule has 7 nitrogen and oxygen atoms in total. The molecule has 1 aromatic heterocycles. The number of anilines is 1. The SMILES string of the molecule is O=C1CC(C(=O)N2CCN(c3ncccn3)CC2)CCN1. The summed E-state index contributed by atoms with van der Waals surface area (Å²) in [6, 6.07) is 1.79. The van der Waals surface area contributed by atoms with E-state index in [2.05, 4.69) is 20.2 Å². The van der Waals surface area contributed by atoms with Crippen LogP contribution in [0.3, 0.4) is 0 Å². The molecule has 7 heteroatoms. The summed E-state index contributed by atoms with van der Waals surface area (Å²) in [5, 5.41) is 2.76. The largest absolute Gasteiger partial charge is 0.356 e. The Hall–Kier alpha value is -2.18. The van der Waals surface area contributed by atoms with Crippen molar-refractivity contribution < 1.29 is 9.59 Å². The molecule has 3 rings (SSSR count). The minimum atomic E-state index is -0.154. The number of nitrogens with zero attached hydrogens (tertiary/aromatic N) is 4. The van der Waals surface area contributed by atoms with E-state index >= 15 is 0 Å². The maximum Gasteiger partial charge on any atom is 0.226 e. The van der Waals surface area contributed by atoms with Crippen LogP contribution in [-0.2, 0) is 9.59 Å². The number of piperidine rings is 1. The smallest absolute Gasteiger partial charge is 0.226 e. The summed E-state index contributed by atoms with van der Waals surface area (Å²) in [5.74, 6) is 0.648. The molecule has 1 unspecified atom stereocenters. The minimum absolute atomic E-state index is 0.0177. The van der Waals surface area contributed by atoms with Crippen LogP contribution in [0.1, 0.15) is 12.8 Å². The average Bonchev–Trinajstić information content (AvgIpc) is 2.55. The standard InChI is InChI=1S/C14H19N5O2/c20-12-10-11(2-5-15-12)13(21)18-6-8-19(9-7-18)14-16-3-1-4-17-14/h1,3-4,11H,2,5-10H2,(H,15,20). The van der Waals surface area contributed by atoms with Gasteiger partial charge in [0, 0.05) is 57.5 Å². The van der Waals surface area contributed by atoms with Gasteiger partial charge in [0.15, 0.2) is 0 Å². The molecule has 0 aromatic carbocycles. The molecule has 2 amide bonds. The van der Waals surface area contributed by atoms with Crippen LogP contribution in [0.2, 0.25) is 0 Å². The summed E-state index contributed by atoms with van der Waals surface area (Å²) in [7, 11) is 0. The molecule has 2 saturated heterocycles. The van der Waals surface area contributed by atoms with Crippen LogP contribution >= 0.6 is 0 Å². The number of aromatic nitrogens is 2. The number of hydrogen-bond donors (Lipinski definition) is 1. The van der Waals surface area contributed by atoms with E-state index in [0.717, 1.165) is 19.5 Å². The van der Waals surface area contributed by atoms with Gasteiger partial charge in [0.25, 0.3) is 0 Å². The third-order valence-corrected chi connectivity index (χ3v) is 4.02. The summed E-state index contributed by atoms with van der Waals surface area (Å²) in [6.07, 6.45) is 4.51. The Balaban J connectivity index is 1.55. The first-order chi connectivity index (χ1) is 10.2. The summed E-state index contributed by atoms with van der Waals surface area (Å²) in [5.41, 5.74) is 0. The van der Waals surface area contributed by atoms with E-state index in [4.69, 9.17) is 0 Å². The highest BCUT2D eigenvalue weighted by molar-refractivity contribution is 5.87. The first kappa shape index (κ1) is 13.8. The lowest BCUT2D eigenvalue weighted by Gasteiger charge is -2.37. The van der Waals surface area contributed by atoms with Crippen LogP contribution in [0.15, 0.2) is 18.5 Å². The van der Waals surface area contributed by atoms with Gasteiger partial charge >= 0.3 is 0 Å². The summed E-state index contributed by atoms with van der Waals surface area (Å²) < 4.78 is 0. The lowest BCUT2D eigenvalue weighted by atomic mass is 9.95. The maximum absolute atomic E-state index is 12.4. The van der Waals surface area contributed by atoms with Crippen LogP contribution in [0.25, 0.3) is 0 Å². The van der Waals surface area contributed by atoms with Crippen molar-refractivity contribution in [1.82, 2.24) is 20.2 Å². The molecule has 112 valence electrons. The van der Waals surface area contributed by atoms with Crippen LogP contribution in [0.5, 0.6) is 0 Å². The number of rotatable bonds is 2. The van der Waals surface area contributed by atoms with Gasteiger partial charge in [-0.3, -0.25) is 9.59 Å². The van der Waals surface area contributed by atoms with Gasteiger partial charge in [-0.2, -0.15) is 0 Å². The molecule has 0 radical (unpaired) electrons. The van der Waals surface area contributed by atoms with Gasteiger partial charge in [0.2, 0.25) is 17.8 Å². The fraction of sp³-hybridized carbons (Fsp3) is 0.571. The molecular weight excluding hydrogens is 270 g/mol. The van der Waals surface area contributed by atoms with Crippen LogP contribution < -0.4 is 10.2 Å². The highest BCUT2D eigenvalue weighted by Crippen LogP contribution is 2.18. The van der Waals surface area contributed by atoms with Gasteiger partial charge in [0.05, 0.1) is 0 Å². The molecule has 0 bridgehead atoms. The number of hydrogen-bond acceptors (Lipinski definition) is 5. The molecule has 0 spiro atoms. The van der Waals surface area contributed by atoms with Gasteiger partial charge in [0.1, 0.15) is 0 Å². The van der Waals surface area contributed by atoms with Crippen molar-refractivity contribution in [3.63, 3.8) is 0 Å². The van der Waals surface area contributed by atoms with Crippen molar-refractivity contribution in [2.45, 2.75) is 12.8 Å². The molecule has 1 N–H and O–H groups in total. The van der Waals surface area contributed by atoms with Crippen LogP contribution in [-0.4, -0.2) is 59.4 Å². The monoisotopic (exact) mass is 289 g/mol. The fourth-order valence-corrected chi connectivity index (χ4v) is 2.83. The van der Waals surface area contributed by atoms with E-state index in [9.17, 15) is 9.59 Å². The van der Waals surface area contributed by atoms with Crippen molar-refractivity contribution in [3.05, 3.63) is 18.5 Å².